The van der Waals surface area contributed by atoms with E-state index in [2.05, 4.69) is 13.8 Å². The normalized spacial score (nSPS) is 12.8. The predicted octanol–water partition coefficient (Wildman–Crippen LogP) is 3.67. The fraction of sp³-hybridized carbons (Fsp3) is 0.316. The maximum atomic E-state index is 12.2. The average Bonchev–Trinajstić information content (AvgIpc) is 2.61. The molecule has 2 rings (SSSR count). The maximum Gasteiger partial charge on any atom is 0.343 e. The molecule has 0 saturated heterocycles. The highest BCUT2D eigenvalue weighted by Crippen LogP contribution is 2.22. The number of hydrogen-bond donors (Lipinski definition) is 0. The second-order valence-corrected chi connectivity index (χ2v) is 8.23. The van der Waals surface area contributed by atoms with Crippen LogP contribution in [0.25, 0.3) is 0 Å². The smallest absolute Gasteiger partial charge is 0.343 e. The molecule has 0 saturated carbocycles. The average molecular weight is 361 g/mol. The zero-order valence-corrected chi connectivity index (χ0v) is 15.7. The van der Waals surface area contributed by atoms with E-state index in [0.717, 1.165) is 10.7 Å². The number of carbonyl (C=O) groups excluding carboxylic acids is 1. The van der Waals surface area contributed by atoms with Crippen molar-refractivity contribution in [3.8, 4) is 5.75 Å². The van der Waals surface area contributed by atoms with Crippen molar-refractivity contribution < 1.29 is 17.9 Å². The van der Waals surface area contributed by atoms with E-state index in [1.54, 1.807) is 12.1 Å². The minimum absolute atomic E-state index is 0.131. The first-order chi connectivity index (χ1) is 11.8. The van der Waals surface area contributed by atoms with Crippen LogP contribution in [0.5, 0.6) is 5.75 Å². The summed E-state index contributed by atoms with van der Waals surface area (Å²) in [6.07, 6.45) is 1.04. The summed E-state index contributed by atoms with van der Waals surface area (Å²) >= 11 is 0. The van der Waals surface area contributed by atoms with Crippen molar-refractivity contribution in [2.24, 2.45) is 0 Å². The molecule has 0 fully saturated rings. The van der Waals surface area contributed by atoms with Crippen LogP contribution in [0.1, 0.15) is 42.1 Å². The van der Waals surface area contributed by atoms with E-state index < -0.39 is 16.0 Å². The van der Waals surface area contributed by atoms with Gasteiger partial charge in [0.05, 0.1) is 10.5 Å². The second kappa shape index (κ2) is 7.80. The zero-order valence-electron chi connectivity index (χ0n) is 14.9. The Hall–Kier alpha value is -2.18. The van der Waals surface area contributed by atoms with Crippen LogP contribution in [-0.4, -0.2) is 32.8 Å². The number of ether oxygens (including phenoxy) is 1. The third-order valence-electron chi connectivity index (χ3n) is 4.14. The highest BCUT2D eigenvalue weighted by atomic mass is 32.2. The van der Waals surface area contributed by atoms with Crippen molar-refractivity contribution >= 4 is 16.0 Å². The van der Waals surface area contributed by atoms with Gasteiger partial charge in [0, 0.05) is 14.1 Å². The van der Waals surface area contributed by atoms with Crippen molar-refractivity contribution in [1.29, 1.82) is 0 Å². The van der Waals surface area contributed by atoms with Crippen LogP contribution >= 0.6 is 0 Å². The Morgan fingerprint density at radius 2 is 1.60 bits per heavy atom. The quantitative estimate of drug-likeness (QED) is 0.582. The van der Waals surface area contributed by atoms with Gasteiger partial charge in [-0.25, -0.2) is 17.5 Å². The van der Waals surface area contributed by atoms with E-state index in [1.165, 1.54) is 43.9 Å². The lowest BCUT2D eigenvalue weighted by Crippen LogP contribution is -2.22. The SMILES string of the molecule is CC[C@@H](C)c1ccc(OC(=O)c2ccc(S(=O)(=O)N(C)C)cc2)cc1. The summed E-state index contributed by atoms with van der Waals surface area (Å²) in [5.74, 6) is 0.392. The minimum Gasteiger partial charge on any atom is -0.423 e. The highest BCUT2D eigenvalue weighted by molar-refractivity contribution is 7.89. The van der Waals surface area contributed by atoms with E-state index in [0.29, 0.717) is 17.2 Å². The molecular weight excluding hydrogens is 338 g/mol. The van der Waals surface area contributed by atoms with Crippen molar-refractivity contribution in [1.82, 2.24) is 4.31 Å². The van der Waals surface area contributed by atoms with Crippen LogP contribution in [0.15, 0.2) is 53.4 Å². The van der Waals surface area contributed by atoms with Gasteiger partial charge < -0.3 is 4.74 Å². The second-order valence-electron chi connectivity index (χ2n) is 6.08. The first-order valence-electron chi connectivity index (χ1n) is 8.10. The van der Waals surface area contributed by atoms with Gasteiger partial charge in [0.2, 0.25) is 10.0 Å². The molecule has 0 radical (unpaired) electrons. The van der Waals surface area contributed by atoms with Gasteiger partial charge >= 0.3 is 5.97 Å². The lowest BCUT2D eigenvalue weighted by atomic mass is 9.99. The van der Waals surface area contributed by atoms with Crippen molar-refractivity contribution in [2.45, 2.75) is 31.1 Å². The van der Waals surface area contributed by atoms with Gasteiger partial charge in [0.15, 0.2) is 0 Å². The number of benzene rings is 2. The van der Waals surface area contributed by atoms with Gasteiger partial charge in [-0.2, -0.15) is 0 Å². The van der Waals surface area contributed by atoms with E-state index >= 15 is 0 Å². The molecule has 6 heteroatoms. The molecule has 0 bridgehead atoms. The fourth-order valence-corrected chi connectivity index (χ4v) is 3.14. The summed E-state index contributed by atoms with van der Waals surface area (Å²) in [5.41, 5.74) is 1.49. The lowest BCUT2D eigenvalue weighted by molar-refractivity contribution is 0.0734. The van der Waals surface area contributed by atoms with E-state index in [9.17, 15) is 13.2 Å². The van der Waals surface area contributed by atoms with Gasteiger partial charge in [0.25, 0.3) is 0 Å². The minimum atomic E-state index is -3.51. The van der Waals surface area contributed by atoms with Gasteiger partial charge in [-0.15, -0.1) is 0 Å². The summed E-state index contributed by atoms with van der Waals surface area (Å²) in [4.78, 5) is 12.3. The third kappa shape index (κ3) is 4.46. The topological polar surface area (TPSA) is 63.7 Å². The van der Waals surface area contributed by atoms with E-state index in [1.807, 2.05) is 12.1 Å². The van der Waals surface area contributed by atoms with Crippen molar-refractivity contribution in [3.05, 3.63) is 59.7 Å². The zero-order chi connectivity index (χ0) is 18.6. The molecule has 0 amide bonds. The first kappa shape index (κ1) is 19.1. The summed E-state index contributed by atoms with van der Waals surface area (Å²) in [5, 5.41) is 0. The molecule has 0 aliphatic heterocycles. The van der Waals surface area contributed by atoms with Crippen molar-refractivity contribution in [2.75, 3.05) is 14.1 Å². The van der Waals surface area contributed by atoms with Crippen molar-refractivity contribution in [3.63, 3.8) is 0 Å². The van der Waals surface area contributed by atoms with Gasteiger partial charge in [-0.05, 0) is 54.3 Å². The fourth-order valence-electron chi connectivity index (χ4n) is 2.24. The largest absolute Gasteiger partial charge is 0.423 e. The Bertz CT molecular complexity index is 825. The molecule has 0 spiro atoms. The Labute approximate surface area is 149 Å². The van der Waals surface area contributed by atoms with E-state index in [4.69, 9.17) is 4.74 Å². The summed E-state index contributed by atoms with van der Waals surface area (Å²) in [6, 6.07) is 13.1. The number of hydrogen-bond acceptors (Lipinski definition) is 4. The Balaban J connectivity index is 2.11. The molecule has 0 aromatic heterocycles. The van der Waals surface area contributed by atoms with Gasteiger partial charge in [-0.1, -0.05) is 26.0 Å². The molecule has 0 aliphatic carbocycles. The third-order valence-corrected chi connectivity index (χ3v) is 5.97. The van der Waals surface area contributed by atoms with Crippen LogP contribution < -0.4 is 4.74 Å². The van der Waals surface area contributed by atoms with Crippen LogP contribution in [0.2, 0.25) is 0 Å². The molecule has 134 valence electrons. The molecule has 0 unspecified atom stereocenters. The summed E-state index contributed by atoms with van der Waals surface area (Å²) < 4.78 is 30.5. The Kier molecular flexibility index (Phi) is 5.98. The molecular formula is C19H23NO4S. The van der Waals surface area contributed by atoms with Gasteiger partial charge in [-0.3, -0.25) is 0 Å². The Morgan fingerprint density at radius 3 is 2.08 bits per heavy atom. The van der Waals surface area contributed by atoms with Crippen LogP contribution in [0, 0.1) is 0 Å². The molecule has 0 aliphatic rings. The van der Waals surface area contributed by atoms with E-state index in [-0.39, 0.29) is 4.90 Å². The molecule has 2 aromatic rings. The lowest BCUT2D eigenvalue weighted by Gasteiger charge is -2.12. The van der Waals surface area contributed by atoms with Crippen LogP contribution in [0.4, 0.5) is 0 Å². The molecule has 0 N–H and O–H groups in total. The molecule has 5 nitrogen and oxygen atoms in total. The van der Waals surface area contributed by atoms with Crippen LogP contribution in [0.3, 0.4) is 0 Å². The monoisotopic (exact) mass is 361 g/mol. The molecule has 25 heavy (non-hydrogen) atoms. The number of esters is 1. The first-order valence-corrected chi connectivity index (χ1v) is 9.54. The number of nitrogens with zero attached hydrogens (tertiary/aromatic N) is 1. The molecule has 2 aromatic carbocycles. The summed E-state index contributed by atoms with van der Waals surface area (Å²) in [7, 11) is -0.595. The highest BCUT2D eigenvalue weighted by Gasteiger charge is 2.18. The number of rotatable bonds is 6. The number of carbonyl (C=O) groups is 1. The standard InChI is InChI=1S/C19H23NO4S/c1-5-14(2)15-6-10-17(11-7-15)24-19(21)16-8-12-18(13-9-16)25(22,23)20(3)4/h6-14H,5H2,1-4H3/t14-/m1/s1. The maximum absolute atomic E-state index is 12.2. The molecule has 0 heterocycles. The predicted molar refractivity (Wildman–Crippen MR) is 97.4 cm³/mol. The van der Waals surface area contributed by atoms with Gasteiger partial charge in [0.1, 0.15) is 5.75 Å². The molecule has 1 atom stereocenters. The summed E-state index contributed by atoms with van der Waals surface area (Å²) in [6.45, 7) is 4.27. The Morgan fingerprint density at radius 1 is 1.04 bits per heavy atom. The number of sulfonamides is 1. The van der Waals surface area contributed by atoms with Crippen LogP contribution in [-0.2, 0) is 10.0 Å².